The first-order valence-corrected chi connectivity index (χ1v) is 5.38. The number of nitrogen functional groups attached to an aromatic ring is 1. The number of aliphatic hydroxyl groups excluding tert-OH is 2. The summed E-state index contributed by atoms with van der Waals surface area (Å²) >= 11 is 0. The Kier molecular flexibility index (Phi) is 3.39. The van der Waals surface area contributed by atoms with E-state index in [1.165, 1.54) is 12.5 Å². The molecule has 0 spiro atoms. The lowest BCUT2D eigenvalue weighted by atomic mass is 10.1. The summed E-state index contributed by atoms with van der Waals surface area (Å²) in [6, 6.07) is -0.598. The van der Waals surface area contributed by atoms with Gasteiger partial charge in [0.1, 0.15) is 12.5 Å². The molecular formula is C10H15FN4O2. The van der Waals surface area contributed by atoms with Crippen molar-refractivity contribution in [3.63, 3.8) is 0 Å². The molecule has 1 aliphatic rings. The zero-order chi connectivity index (χ0) is 12.4. The number of nitrogens with one attached hydrogen (secondary N) is 1. The molecule has 5 N–H and O–H groups in total. The molecule has 2 rings (SSSR count). The fourth-order valence-electron chi connectivity index (χ4n) is 2.05. The quantitative estimate of drug-likeness (QED) is 0.572. The highest BCUT2D eigenvalue weighted by Crippen LogP contribution is 2.31. The third-order valence-electron chi connectivity index (χ3n) is 3.05. The predicted octanol–water partition coefficient (Wildman–Crippen LogP) is -0.449. The van der Waals surface area contributed by atoms with Crippen LogP contribution in [0.5, 0.6) is 0 Å². The Balaban J connectivity index is 2.08. The van der Waals surface area contributed by atoms with Gasteiger partial charge in [0, 0.05) is 12.5 Å². The number of rotatable bonds is 3. The Morgan fingerprint density at radius 1 is 1.59 bits per heavy atom. The van der Waals surface area contributed by atoms with Crippen LogP contribution in [0.4, 0.5) is 15.9 Å². The summed E-state index contributed by atoms with van der Waals surface area (Å²) in [5, 5.41) is 21.4. The summed E-state index contributed by atoms with van der Waals surface area (Å²) in [6.45, 7) is -0.237. The molecule has 1 aromatic rings. The maximum Gasteiger partial charge on any atom is 0.152 e. The van der Waals surface area contributed by atoms with Crippen LogP contribution in [0, 0.1) is 5.92 Å². The van der Waals surface area contributed by atoms with Crippen molar-refractivity contribution in [2.45, 2.75) is 24.7 Å². The number of hydrogen-bond donors (Lipinski definition) is 4. The highest BCUT2D eigenvalue weighted by Gasteiger charge is 2.42. The van der Waals surface area contributed by atoms with E-state index in [9.17, 15) is 9.50 Å². The van der Waals surface area contributed by atoms with E-state index in [0.717, 1.165) is 0 Å². The lowest BCUT2D eigenvalue weighted by Crippen LogP contribution is -2.32. The maximum absolute atomic E-state index is 13.7. The second-order valence-corrected chi connectivity index (χ2v) is 4.19. The molecule has 0 aromatic carbocycles. The lowest BCUT2D eigenvalue weighted by Gasteiger charge is -2.17. The molecule has 17 heavy (non-hydrogen) atoms. The molecule has 0 saturated heterocycles. The highest BCUT2D eigenvalue weighted by atomic mass is 19.1. The van der Waals surface area contributed by atoms with E-state index in [-0.39, 0.29) is 6.61 Å². The van der Waals surface area contributed by atoms with Crippen LogP contribution in [0.1, 0.15) is 6.42 Å². The van der Waals surface area contributed by atoms with Crippen molar-refractivity contribution in [2.24, 2.45) is 5.92 Å². The summed E-state index contributed by atoms with van der Waals surface area (Å²) in [6.07, 6.45) is 0.461. The van der Waals surface area contributed by atoms with E-state index in [2.05, 4.69) is 15.3 Å². The van der Waals surface area contributed by atoms with E-state index in [1.54, 1.807) is 0 Å². The van der Waals surface area contributed by atoms with Gasteiger partial charge < -0.3 is 21.3 Å². The molecule has 7 heteroatoms. The van der Waals surface area contributed by atoms with Gasteiger partial charge in [-0.15, -0.1) is 0 Å². The van der Waals surface area contributed by atoms with Crippen molar-refractivity contribution in [1.82, 2.24) is 9.97 Å². The molecule has 1 saturated carbocycles. The third-order valence-corrected chi connectivity index (χ3v) is 3.05. The zero-order valence-corrected chi connectivity index (χ0v) is 9.12. The van der Waals surface area contributed by atoms with E-state index in [4.69, 9.17) is 10.8 Å². The van der Waals surface area contributed by atoms with Crippen molar-refractivity contribution in [3.05, 3.63) is 12.5 Å². The summed E-state index contributed by atoms with van der Waals surface area (Å²) < 4.78 is 13.7. The van der Waals surface area contributed by atoms with Crippen molar-refractivity contribution >= 4 is 11.5 Å². The van der Waals surface area contributed by atoms with Crippen LogP contribution in [-0.2, 0) is 0 Å². The number of alkyl halides is 1. The Morgan fingerprint density at radius 2 is 2.35 bits per heavy atom. The second kappa shape index (κ2) is 4.80. The molecule has 1 heterocycles. The maximum atomic E-state index is 13.7. The average molecular weight is 242 g/mol. The number of aliphatic hydroxyl groups is 2. The minimum Gasteiger partial charge on any atom is -0.396 e. The molecule has 0 bridgehead atoms. The van der Waals surface area contributed by atoms with E-state index < -0.39 is 24.2 Å². The van der Waals surface area contributed by atoms with Gasteiger partial charge in [0.15, 0.2) is 5.82 Å². The molecule has 4 atom stereocenters. The molecule has 94 valence electrons. The highest BCUT2D eigenvalue weighted by molar-refractivity contribution is 5.59. The second-order valence-electron chi connectivity index (χ2n) is 4.19. The normalized spacial score (nSPS) is 32.6. The first-order valence-electron chi connectivity index (χ1n) is 5.38. The van der Waals surface area contributed by atoms with Gasteiger partial charge in [0.25, 0.3) is 0 Å². The predicted molar refractivity (Wildman–Crippen MR) is 60.0 cm³/mol. The van der Waals surface area contributed by atoms with Gasteiger partial charge in [0.05, 0.1) is 24.0 Å². The van der Waals surface area contributed by atoms with Crippen LogP contribution >= 0.6 is 0 Å². The SMILES string of the molecule is Nc1cncnc1N[C@@H]1C[C@H](CO)[C@@H](O)[C@H]1F. The van der Waals surface area contributed by atoms with Crippen LogP contribution in [-0.4, -0.2) is 45.1 Å². The minimum absolute atomic E-state index is 0.237. The molecule has 0 amide bonds. The topological polar surface area (TPSA) is 104 Å². The van der Waals surface area contributed by atoms with Crippen LogP contribution in [0.2, 0.25) is 0 Å². The van der Waals surface area contributed by atoms with Crippen LogP contribution in [0.15, 0.2) is 12.5 Å². The van der Waals surface area contributed by atoms with Gasteiger partial charge in [-0.05, 0) is 6.42 Å². The fraction of sp³-hybridized carbons (Fsp3) is 0.600. The first kappa shape index (κ1) is 12.0. The standard InChI is InChI=1S/C10H15FN4O2/c11-8-7(1-5(3-16)9(8)17)15-10-6(12)2-13-4-14-10/h2,4-5,7-9,16-17H,1,3,12H2,(H,13,14,15)/t5-,7-,8+,9-/m1/s1. The van der Waals surface area contributed by atoms with Gasteiger partial charge in [0.2, 0.25) is 0 Å². The summed E-state index contributed by atoms with van der Waals surface area (Å²) in [7, 11) is 0. The van der Waals surface area contributed by atoms with Crippen LogP contribution < -0.4 is 11.1 Å². The fourth-order valence-corrected chi connectivity index (χ4v) is 2.05. The average Bonchev–Trinajstić information content (AvgIpc) is 2.60. The largest absolute Gasteiger partial charge is 0.396 e. The summed E-state index contributed by atoms with van der Waals surface area (Å²) in [5.41, 5.74) is 5.95. The molecule has 6 nitrogen and oxygen atoms in total. The van der Waals surface area contributed by atoms with Gasteiger partial charge in [-0.25, -0.2) is 14.4 Å². The van der Waals surface area contributed by atoms with Crippen molar-refractivity contribution in [2.75, 3.05) is 17.7 Å². The van der Waals surface area contributed by atoms with Gasteiger partial charge in [-0.1, -0.05) is 0 Å². The number of aromatic nitrogens is 2. The molecule has 0 radical (unpaired) electrons. The van der Waals surface area contributed by atoms with Crippen molar-refractivity contribution < 1.29 is 14.6 Å². The Hall–Kier alpha value is -1.47. The Labute approximate surface area is 97.7 Å². The molecule has 1 aliphatic carbocycles. The zero-order valence-electron chi connectivity index (χ0n) is 9.12. The number of nitrogens with two attached hydrogens (primary N) is 1. The smallest absolute Gasteiger partial charge is 0.152 e. The van der Waals surface area contributed by atoms with E-state index in [1.807, 2.05) is 0 Å². The first-order chi connectivity index (χ1) is 8.13. The van der Waals surface area contributed by atoms with Gasteiger partial charge >= 0.3 is 0 Å². The molecule has 0 aliphatic heterocycles. The van der Waals surface area contributed by atoms with Crippen LogP contribution in [0.25, 0.3) is 0 Å². The third kappa shape index (κ3) is 2.29. The molecule has 1 fully saturated rings. The Morgan fingerprint density at radius 3 is 2.94 bits per heavy atom. The number of hydrogen-bond acceptors (Lipinski definition) is 6. The van der Waals surface area contributed by atoms with Crippen LogP contribution in [0.3, 0.4) is 0 Å². The minimum atomic E-state index is -1.44. The molecule has 1 aromatic heterocycles. The molecule has 0 unspecified atom stereocenters. The van der Waals surface area contributed by atoms with E-state index in [0.29, 0.717) is 17.9 Å². The summed E-state index contributed by atoms with van der Waals surface area (Å²) in [4.78, 5) is 7.62. The summed E-state index contributed by atoms with van der Waals surface area (Å²) in [5.74, 6) is -0.107. The molecular weight excluding hydrogens is 227 g/mol. The number of nitrogens with zero attached hydrogens (tertiary/aromatic N) is 2. The number of anilines is 2. The van der Waals surface area contributed by atoms with E-state index >= 15 is 0 Å². The number of halogens is 1. The lowest BCUT2D eigenvalue weighted by molar-refractivity contribution is 0.0444. The van der Waals surface area contributed by atoms with Crippen molar-refractivity contribution in [1.29, 1.82) is 0 Å². The van der Waals surface area contributed by atoms with Crippen molar-refractivity contribution in [3.8, 4) is 0 Å². The monoisotopic (exact) mass is 242 g/mol. The Bertz CT molecular complexity index is 392. The van der Waals surface area contributed by atoms with Gasteiger partial charge in [-0.2, -0.15) is 0 Å². The van der Waals surface area contributed by atoms with Gasteiger partial charge in [-0.3, -0.25) is 0 Å².